The average molecular weight is 358 g/mol. The molecule has 0 aliphatic carbocycles. The van der Waals surface area contributed by atoms with Crippen LogP contribution in [0.3, 0.4) is 0 Å². The minimum Gasteiger partial charge on any atom is -0.490 e. The Morgan fingerprint density at radius 2 is 1.95 bits per heavy atom. The molecule has 0 saturated heterocycles. The van der Waals surface area contributed by atoms with Crippen molar-refractivity contribution < 1.29 is 19.4 Å². The molecule has 21 heavy (non-hydrogen) atoms. The smallest absolute Gasteiger partial charge is 0.317 e. The van der Waals surface area contributed by atoms with Crippen LogP contribution in [-0.2, 0) is 11.3 Å². The Kier molecular flexibility index (Phi) is 5.47. The minimum atomic E-state index is -0.825. The first-order chi connectivity index (χ1) is 9.97. The molecule has 0 atom stereocenters. The van der Waals surface area contributed by atoms with E-state index in [1.165, 1.54) is 0 Å². The molecule has 1 aliphatic heterocycles. The second-order valence-electron chi connectivity index (χ2n) is 5.33. The number of hydrogen-bond acceptors (Lipinski definition) is 4. The molecule has 5 nitrogen and oxygen atoms in total. The van der Waals surface area contributed by atoms with Crippen LogP contribution in [0.5, 0.6) is 11.5 Å². The molecule has 116 valence electrons. The van der Waals surface area contributed by atoms with Crippen molar-refractivity contribution in [2.24, 2.45) is 0 Å². The van der Waals surface area contributed by atoms with Crippen molar-refractivity contribution in [3.8, 4) is 11.5 Å². The largest absolute Gasteiger partial charge is 0.490 e. The molecular formula is C15H20BrNO4. The molecule has 0 unspecified atom stereocenters. The van der Waals surface area contributed by atoms with Crippen molar-refractivity contribution in [3.05, 3.63) is 22.2 Å². The van der Waals surface area contributed by atoms with Gasteiger partial charge in [0.2, 0.25) is 0 Å². The minimum absolute atomic E-state index is 0.0124. The molecule has 1 aromatic carbocycles. The van der Waals surface area contributed by atoms with Crippen LogP contribution >= 0.6 is 15.9 Å². The Bertz CT molecular complexity index is 519. The number of aliphatic carboxylic acids is 1. The van der Waals surface area contributed by atoms with Gasteiger partial charge in [0, 0.05) is 23.5 Å². The lowest BCUT2D eigenvalue weighted by Gasteiger charge is -2.25. The van der Waals surface area contributed by atoms with Gasteiger partial charge >= 0.3 is 5.97 Å². The Morgan fingerprint density at radius 1 is 1.33 bits per heavy atom. The highest BCUT2D eigenvalue weighted by Gasteiger charge is 2.18. The van der Waals surface area contributed by atoms with E-state index < -0.39 is 5.97 Å². The van der Waals surface area contributed by atoms with E-state index in [4.69, 9.17) is 14.6 Å². The predicted molar refractivity (Wildman–Crippen MR) is 82.9 cm³/mol. The molecule has 1 N–H and O–H groups in total. The second-order valence-corrected chi connectivity index (χ2v) is 6.19. The van der Waals surface area contributed by atoms with Crippen LogP contribution in [-0.4, -0.2) is 41.8 Å². The van der Waals surface area contributed by atoms with Crippen molar-refractivity contribution in [3.63, 3.8) is 0 Å². The zero-order chi connectivity index (χ0) is 15.4. The molecule has 0 bridgehead atoms. The molecule has 1 aromatic rings. The van der Waals surface area contributed by atoms with Gasteiger partial charge in [0.1, 0.15) is 0 Å². The van der Waals surface area contributed by atoms with Crippen LogP contribution in [0.2, 0.25) is 0 Å². The number of halogens is 1. The highest BCUT2D eigenvalue weighted by Crippen LogP contribution is 2.35. The third-order valence-electron chi connectivity index (χ3n) is 3.36. The summed E-state index contributed by atoms with van der Waals surface area (Å²) >= 11 is 3.54. The van der Waals surface area contributed by atoms with E-state index in [1.807, 2.05) is 30.9 Å². The molecule has 0 amide bonds. The number of carboxylic acids is 1. The van der Waals surface area contributed by atoms with Crippen LogP contribution in [0, 0.1) is 0 Å². The number of carbonyl (C=O) groups is 1. The quantitative estimate of drug-likeness (QED) is 0.877. The van der Waals surface area contributed by atoms with Crippen LogP contribution in [0.4, 0.5) is 0 Å². The topological polar surface area (TPSA) is 59.0 Å². The molecule has 6 heteroatoms. The Hall–Kier alpha value is -1.27. The number of rotatable bonds is 5. The maximum absolute atomic E-state index is 11.0. The van der Waals surface area contributed by atoms with Crippen LogP contribution < -0.4 is 9.47 Å². The van der Waals surface area contributed by atoms with Crippen LogP contribution in [0.1, 0.15) is 25.8 Å². The van der Waals surface area contributed by atoms with Crippen LogP contribution in [0.15, 0.2) is 16.6 Å². The molecule has 0 radical (unpaired) electrons. The first-order valence-electron chi connectivity index (χ1n) is 7.01. The summed E-state index contributed by atoms with van der Waals surface area (Å²) in [5, 5.41) is 9.01. The Morgan fingerprint density at radius 3 is 2.52 bits per heavy atom. The number of ether oxygens (including phenoxy) is 2. The summed E-state index contributed by atoms with van der Waals surface area (Å²) in [5.74, 6) is 0.636. The van der Waals surface area contributed by atoms with Crippen molar-refractivity contribution >= 4 is 21.9 Å². The predicted octanol–water partition coefficient (Wildman–Crippen LogP) is 2.91. The summed E-state index contributed by atoms with van der Waals surface area (Å²) in [4.78, 5) is 12.9. The maximum Gasteiger partial charge on any atom is 0.317 e. The lowest BCUT2D eigenvalue weighted by atomic mass is 10.1. The number of fused-ring (bicyclic) bond motifs is 1. The maximum atomic E-state index is 11.0. The molecular weight excluding hydrogens is 338 g/mol. The molecule has 1 heterocycles. The molecule has 0 saturated carbocycles. The third-order valence-corrected chi connectivity index (χ3v) is 4.10. The first-order valence-corrected chi connectivity index (χ1v) is 7.80. The van der Waals surface area contributed by atoms with Gasteiger partial charge in [0.25, 0.3) is 0 Å². The van der Waals surface area contributed by atoms with E-state index in [0.29, 0.717) is 19.8 Å². The zero-order valence-corrected chi connectivity index (χ0v) is 13.9. The van der Waals surface area contributed by atoms with E-state index in [0.717, 1.165) is 28.0 Å². The molecule has 0 spiro atoms. The lowest BCUT2D eigenvalue weighted by Crippen LogP contribution is -2.35. The summed E-state index contributed by atoms with van der Waals surface area (Å²) in [6.07, 6.45) is 0.860. The van der Waals surface area contributed by atoms with E-state index in [1.54, 1.807) is 0 Å². The number of hydrogen-bond donors (Lipinski definition) is 1. The van der Waals surface area contributed by atoms with Gasteiger partial charge in [-0.1, -0.05) is 15.9 Å². The van der Waals surface area contributed by atoms with Gasteiger partial charge < -0.3 is 14.6 Å². The summed E-state index contributed by atoms with van der Waals surface area (Å²) in [6.45, 7) is 5.81. The fraction of sp³-hybridized carbons (Fsp3) is 0.533. The molecule has 1 aliphatic rings. The highest BCUT2D eigenvalue weighted by molar-refractivity contribution is 9.10. The van der Waals surface area contributed by atoms with Crippen LogP contribution in [0.25, 0.3) is 0 Å². The van der Waals surface area contributed by atoms with Crippen molar-refractivity contribution in [1.82, 2.24) is 4.90 Å². The van der Waals surface area contributed by atoms with E-state index in [9.17, 15) is 4.79 Å². The molecule has 2 rings (SSSR count). The van der Waals surface area contributed by atoms with Gasteiger partial charge in [0.05, 0.1) is 19.8 Å². The van der Waals surface area contributed by atoms with Gasteiger partial charge in [-0.15, -0.1) is 0 Å². The number of benzene rings is 1. The normalized spacial score (nSPS) is 14.3. The molecule has 0 fully saturated rings. The first kappa shape index (κ1) is 16.1. The third kappa shape index (κ3) is 4.35. The van der Waals surface area contributed by atoms with Gasteiger partial charge in [0.15, 0.2) is 11.5 Å². The second kappa shape index (κ2) is 7.13. The van der Waals surface area contributed by atoms with Gasteiger partial charge in [-0.25, -0.2) is 0 Å². The Balaban J connectivity index is 2.22. The number of carboxylic acid groups (broad SMARTS) is 1. The van der Waals surface area contributed by atoms with Crippen molar-refractivity contribution in [2.75, 3.05) is 19.8 Å². The SMILES string of the molecule is CC(C)N(CC(=O)O)Cc1cc2c(cc1Br)OCCCO2. The fourth-order valence-corrected chi connectivity index (χ4v) is 2.61. The summed E-state index contributed by atoms with van der Waals surface area (Å²) in [6, 6.07) is 3.97. The van der Waals surface area contributed by atoms with Gasteiger partial charge in [-0.2, -0.15) is 0 Å². The average Bonchev–Trinajstić information content (AvgIpc) is 2.62. The van der Waals surface area contributed by atoms with Crippen molar-refractivity contribution in [2.45, 2.75) is 32.9 Å². The van der Waals surface area contributed by atoms with E-state index in [2.05, 4.69) is 15.9 Å². The number of nitrogens with zero attached hydrogens (tertiary/aromatic N) is 1. The van der Waals surface area contributed by atoms with Crippen molar-refractivity contribution in [1.29, 1.82) is 0 Å². The highest BCUT2D eigenvalue weighted by atomic mass is 79.9. The monoisotopic (exact) mass is 357 g/mol. The standard InChI is InChI=1S/C15H20BrNO4/c1-10(2)17(9-15(18)19)8-11-6-13-14(7-12(11)16)21-5-3-4-20-13/h6-7,10H,3-5,8-9H2,1-2H3,(H,18,19). The zero-order valence-electron chi connectivity index (χ0n) is 12.3. The summed E-state index contributed by atoms with van der Waals surface area (Å²) in [7, 11) is 0. The summed E-state index contributed by atoms with van der Waals surface area (Å²) in [5.41, 5.74) is 0.995. The van der Waals surface area contributed by atoms with Gasteiger partial charge in [-0.05, 0) is 31.5 Å². The Labute approximate surface area is 133 Å². The fourth-order valence-electron chi connectivity index (χ4n) is 2.16. The molecule has 0 aromatic heterocycles. The van der Waals surface area contributed by atoms with E-state index in [-0.39, 0.29) is 12.6 Å². The van der Waals surface area contributed by atoms with Gasteiger partial charge in [-0.3, -0.25) is 9.69 Å². The van der Waals surface area contributed by atoms with E-state index >= 15 is 0 Å². The summed E-state index contributed by atoms with van der Waals surface area (Å²) < 4.78 is 12.2. The lowest BCUT2D eigenvalue weighted by molar-refractivity contribution is -0.138.